The van der Waals surface area contributed by atoms with Gasteiger partial charge in [0.15, 0.2) is 0 Å². The zero-order valence-corrected chi connectivity index (χ0v) is 14.0. The Morgan fingerprint density at radius 3 is 2.74 bits per heavy atom. The fourth-order valence-corrected chi connectivity index (χ4v) is 2.96. The van der Waals surface area contributed by atoms with Crippen molar-refractivity contribution in [3.05, 3.63) is 53.1 Å². The van der Waals surface area contributed by atoms with Gasteiger partial charge in [0.2, 0.25) is 0 Å². The van der Waals surface area contributed by atoms with Crippen molar-refractivity contribution in [1.82, 2.24) is 0 Å². The maximum absolute atomic E-state index is 6.45. The van der Waals surface area contributed by atoms with E-state index in [9.17, 15) is 0 Å². The van der Waals surface area contributed by atoms with Crippen molar-refractivity contribution in [3.8, 4) is 5.75 Å². The van der Waals surface area contributed by atoms with E-state index in [1.54, 1.807) is 7.11 Å². The molecule has 0 atom stereocenters. The number of methoxy groups -OCH3 is 1. The molecule has 5 heteroatoms. The number of halogens is 1. The molecule has 0 aromatic heterocycles. The van der Waals surface area contributed by atoms with E-state index in [-0.39, 0.29) is 0 Å². The Bertz CT molecular complexity index is 657. The van der Waals surface area contributed by atoms with Crippen LogP contribution in [0.4, 0.5) is 11.4 Å². The minimum atomic E-state index is 0.727. The third-order valence-electron chi connectivity index (χ3n) is 3.93. The standard InChI is InChI=1S/C18H21ClN2O2/c1-22-16-4-2-3-14(11-16)13-20-15-5-6-18(17(19)12-15)21-7-9-23-10-8-21/h2-6,11-12,20H,7-10,13H2,1H3. The highest BCUT2D eigenvalue weighted by atomic mass is 35.5. The highest BCUT2D eigenvalue weighted by molar-refractivity contribution is 6.33. The average Bonchev–Trinajstić information content (AvgIpc) is 2.61. The van der Waals surface area contributed by atoms with Crippen molar-refractivity contribution in [3.63, 3.8) is 0 Å². The van der Waals surface area contributed by atoms with Gasteiger partial charge in [0.25, 0.3) is 0 Å². The average molecular weight is 333 g/mol. The van der Waals surface area contributed by atoms with E-state index in [2.05, 4.69) is 28.4 Å². The normalized spacial score (nSPS) is 14.6. The first-order valence-electron chi connectivity index (χ1n) is 7.75. The number of nitrogens with zero attached hydrogens (tertiary/aromatic N) is 1. The van der Waals surface area contributed by atoms with Gasteiger partial charge in [-0.3, -0.25) is 0 Å². The lowest BCUT2D eigenvalue weighted by atomic mass is 10.2. The molecule has 23 heavy (non-hydrogen) atoms. The zero-order valence-electron chi connectivity index (χ0n) is 13.2. The summed E-state index contributed by atoms with van der Waals surface area (Å²) < 4.78 is 10.6. The highest BCUT2D eigenvalue weighted by Gasteiger charge is 2.14. The lowest BCUT2D eigenvalue weighted by Gasteiger charge is -2.29. The monoisotopic (exact) mass is 332 g/mol. The summed E-state index contributed by atoms with van der Waals surface area (Å²) in [5, 5.41) is 4.17. The molecule has 0 spiro atoms. The highest BCUT2D eigenvalue weighted by Crippen LogP contribution is 2.29. The molecule has 0 saturated carbocycles. The number of nitrogens with one attached hydrogen (secondary N) is 1. The van der Waals surface area contributed by atoms with E-state index in [0.717, 1.165) is 60.6 Å². The fourth-order valence-electron chi connectivity index (χ4n) is 2.66. The van der Waals surface area contributed by atoms with Gasteiger partial charge in [-0.25, -0.2) is 0 Å². The van der Waals surface area contributed by atoms with Crippen LogP contribution in [0.5, 0.6) is 5.75 Å². The molecule has 0 radical (unpaired) electrons. The molecule has 1 aliphatic rings. The molecule has 0 unspecified atom stereocenters. The minimum Gasteiger partial charge on any atom is -0.497 e. The van der Waals surface area contributed by atoms with Gasteiger partial charge < -0.3 is 19.7 Å². The number of ether oxygens (including phenoxy) is 2. The first-order chi connectivity index (χ1) is 11.3. The number of hydrogen-bond acceptors (Lipinski definition) is 4. The Hall–Kier alpha value is -1.91. The lowest BCUT2D eigenvalue weighted by molar-refractivity contribution is 0.122. The van der Waals surface area contributed by atoms with Gasteiger partial charge in [0.05, 0.1) is 31.0 Å². The van der Waals surface area contributed by atoms with E-state index >= 15 is 0 Å². The Labute approximate surface area is 142 Å². The maximum atomic E-state index is 6.45. The number of hydrogen-bond donors (Lipinski definition) is 1. The van der Waals surface area contributed by atoms with Gasteiger partial charge in [-0.05, 0) is 35.9 Å². The van der Waals surface area contributed by atoms with Crippen LogP contribution in [0.2, 0.25) is 5.02 Å². The number of benzene rings is 2. The third kappa shape index (κ3) is 4.09. The molecule has 1 saturated heterocycles. The van der Waals surface area contributed by atoms with Crippen LogP contribution >= 0.6 is 11.6 Å². The van der Waals surface area contributed by atoms with Crippen molar-refractivity contribution in [2.45, 2.75) is 6.54 Å². The van der Waals surface area contributed by atoms with Crippen LogP contribution in [0.25, 0.3) is 0 Å². The second-order valence-electron chi connectivity index (χ2n) is 5.47. The van der Waals surface area contributed by atoms with E-state index in [1.807, 2.05) is 24.3 Å². The predicted octanol–water partition coefficient (Wildman–Crippen LogP) is 3.80. The van der Waals surface area contributed by atoms with Gasteiger partial charge in [-0.1, -0.05) is 23.7 Å². The molecule has 4 nitrogen and oxygen atoms in total. The topological polar surface area (TPSA) is 33.7 Å². The molecular formula is C18H21ClN2O2. The summed E-state index contributed by atoms with van der Waals surface area (Å²) in [7, 11) is 1.68. The van der Waals surface area contributed by atoms with E-state index in [4.69, 9.17) is 21.1 Å². The van der Waals surface area contributed by atoms with Crippen LogP contribution in [0.15, 0.2) is 42.5 Å². The summed E-state index contributed by atoms with van der Waals surface area (Å²) in [5.74, 6) is 0.866. The Kier molecular flexibility index (Phi) is 5.26. The Morgan fingerprint density at radius 1 is 1.17 bits per heavy atom. The van der Waals surface area contributed by atoms with Crippen LogP contribution < -0.4 is 15.0 Å². The molecule has 1 N–H and O–H groups in total. The quantitative estimate of drug-likeness (QED) is 0.903. The first kappa shape index (κ1) is 16.0. The van der Waals surface area contributed by atoms with Gasteiger partial charge in [0.1, 0.15) is 5.75 Å². The van der Waals surface area contributed by atoms with E-state index in [0.29, 0.717) is 0 Å². The van der Waals surface area contributed by atoms with Gasteiger partial charge in [-0.15, -0.1) is 0 Å². The summed E-state index contributed by atoms with van der Waals surface area (Å²) in [6.45, 7) is 4.01. The summed E-state index contributed by atoms with van der Waals surface area (Å²) in [4.78, 5) is 2.26. The Morgan fingerprint density at radius 2 is 2.00 bits per heavy atom. The molecule has 1 heterocycles. The third-order valence-corrected chi connectivity index (χ3v) is 4.23. The number of anilines is 2. The second-order valence-corrected chi connectivity index (χ2v) is 5.88. The molecular weight excluding hydrogens is 312 g/mol. The lowest BCUT2D eigenvalue weighted by Crippen LogP contribution is -2.36. The fraction of sp³-hybridized carbons (Fsp3) is 0.333. The Balaban J connectivity index is 1.65. The van der Waals surface area contributed by atoms with E-state index in [1.165, 1.54) is 0 Å². The zero-order chi connectivity index (χ0) is 16.1. The minimum absolute atomic E-state index is 0.727. The van der Waals surface area contributed by atoms with Crippen molar-refractivity contribution in [2.75, 3.05) is 43.6 Å². The molecule has 2 aromatic carbocycles. The van der Waals surface area contributed by atoms with E-state index < -0.39 is 0 Å². The molecule has 122 valence electrons. The largest absolute Gasteiger partial charge is 0.497 e. The molecule has 1 aliphatic heterocycles. The summed E-state index contributed by atoms with van der Waals surface area (Å²) in [5.41, 5.74) is 3.24. The SMILES string of the molecule is COc1cccc(CNc2ccc(N3CCOCC3)c(Cl)c2)c1. The van der Waals surface area contributed by atoms with Crippen molar-refractivity contribution >= 4 is 23.0 Å². The predicted molar refractivity (Wildman–Crippen MR) is 94.8 cm³/mol. The van der Waals surface area contributed by atoms with Crippen LogP contribution in [-0.4, -0.2) is 33.4 Å². The van der Waals surface area contributed by atoms with Gasteiger partial charge >= 0.3 is 0 Å². The molecule has 3 rings (SSSR count). The van der Waals surface area contributed by atoms with Crippen LogP contribution in [0.3, 0.4) is 0 Å². The molecule has 2 aromatic rings. The summed E-state index contributed by atoms with van der Waals surface area (Å²) in [6.07, 6.45) is 0. The van der Waals surface area contributed by atoms with Crippen molar-refractivity contribution < 1.29 is 9.47 Å². The first-order valence-corrected chi connectivity index (χ1v) is 8.13. The summed E-state index contributed by atoms with van der Waals surface area (Å²) >= 11 is 6.45. The molecule has 0 aliphatic carbocycles. The van der Waals surface area contributed by atoms with Crippen LogP contribution in [0.1, 0.15) is 5.56 Å². The van der Waals surface area contributed by atoms with Crippen LogP contribution in [0, 0.1) is 0 Å². The molecule has 0 bridgehead atoms. The summed E-state index contributed by atoms with van der Waals surface area (Å²) in [6, 6.07) is 14.1. The number of morpholine rings is 1. The number of rotatable bonds is 5. The van der Waals surface area contributed by atoms with Crippen molar-refractivity contribution in [1.29, 1.82) is 0 Å². The smallest absolute Gasteiger partial charge is 0.119 e. The van der Waals surface area contributed by atoms with Gasteiger partial charge in [0, 0.05) is 25.3 Å². The molecule has 1 fully saturated rings. The van der Waals surface area contributed by atoms with Crippen molar-refractivity contribution in [2.24, 2.45) is 0 Å². The second kappa shape index (κ2) is 7.57. The van der Waals surface area contributed by atoms with Gasteiger partial charge in [-0.2, -0.15) is 0 Å². The van der Waals surface area contributed by atoms with Crippen LogP contribution in [-0.2, 0) is 11.3 Å². The molecule has 0 amide bonds. The maximum Gasteiger partial charge on any atom is 0.119 e.